The highest BCUT2D eigenvalue weighted by Gasteiger charge is 2.18. The molecule has 3 aromatic rings. The highest BCUT2D eigenvalue weighted by atomic mass is 32.2. The Kier molecular flexibility index (Phi) is 7.64. The van der Waals surface area contributed by atoms with E-state index in [1.165, 1.54) is 7.11 Å². The fraction of sp³-hybridized carbons (Fsp3) is 0.450. The number of carbonyl (C=O) groups excluding carboxylic acids is 2. The van der Waals surface area contributed by atoms with Gasteiger partial charge in [0.2, 0.25) is 11.7 Å². The molecule has 3 amide bonds. The van der Waals surface area contributed by atoms with E-state index in [1.54, 1.807) is 15.0 Å². The number of carbonyl (C=O) groups is 2. The van der Waals surface area contributed by atoms with E-state index in [0.29, 0.717) is 47.5 Å². The van der Waals surface area contributed by atoms with E-state index in [2.05, 4.69) is 34.7 Å². The Labute approximate surface area is 183 Å². The smallest absolute Gasteiger partial charge is 0.321 e. The molecule has 0 fully saturated rings. The van der Waals surface area contributed by atoms with Gasteiger partial charge in [-0.15, -0.1) is 10.2 Å². The summed E-state index contributed by atoms with van der Waals surface area (Å²) >= 11 is 1.15. The molecule has 0 aliphatic carbocycles. The molecule has 0 aliphatic rings. The first-order valence-corrected chi connectivity index (χ1v) is 11.0. The van der Waals surface area contributed by atoms with Crippen molar-refractivity contribution in [2.45, 2.75) is 32.0 Å². The van der Waals surface area contributed by atoms with E-state index in [1.807, 2.05) is 18.2 Å². The molecule has 0 spiro atoms. The zero-order chi connectivity index (χ0) is 22.4. The van der Waals surface area contributed by atoms with E-state index in [9.17, 15) is 14.4 Å². The topological polar surface area (TPSA) is 120 Å². The first kappa shape index (κ1) is 22.8. The SMILES string of the molecule is COCCNC(=O)NC(=O)CSc1nnc2n(CCC(C)C)c(=O)c3ccccc3n12. The number of nitrogens with zero attached hydrogens (tertiary/aromatic N) is 4. The summed E-state index contributed by atoms with van der Waals surface area (Å²) in [6, 6.07) is 6.67. The van der Waals surface area contributed by atoms with Gasteiger partial charge >= 0.3 is 6.03 Å². The van der Waals surface area contributed by atoms with Crippen LogP contribution >= 0.6 is 11.8 Å². The van der Waals surface area contributed by atoms with Crippen LogP contribution in [0.25, 0.3) is 16.7 Å². The van der Waals surface area contributed by atoms with Crippen LogP contribution in [0.5, 0.6) is 0 Å². The number of imide groups is 1. The lowest BCUT2D eigenvalue weighted by atomic mass is 10.1. The number of thioether (sulfide) groups is 1. The van der Waals surface area contributed by atoms with Crippen LogP contribution in [0.3, 0.4) is 0 Å². The fourth-order valence-corrected chi connectivity index (χ4v) is 3.76. The molecular weight excluding hydrogens is 420 g/mol. The van der Waals surface area contributed by atoms with Crippen molar-refractivity contribution in [2.24, 2.45) is 5.92 Å². The van der Waals surface area contributed by atoms with Gasteiger partial charge in [0, 0.05) is 20.2 Å². The van der Waals surface area contributed by atoms with E-state index >= 15 is 0 Å². The maximum Gasteiger partial charge on any atom is 0.321 e. The van der Waals surface area contributed by atoms with Gasteiger partial charge in [-0.25, -0.2) is 4.79 Å². The summed E-state index contributed by atoms with van der Waals surface area (Å²) in [6.07, 6.45) is 0.823. The number of fused-ring (bicyclic) bond motifs is 3. The van der Waals surface area contributed by atoms with Crippen molar-refractivity contribution in [3.63, 3.8) is 0 Å². The van der Waals surface area contributed by atoms with Crippen LogP contribution in [0.15, 0.2) is 34.2 Å². The fourth-order valence-electron chi connectivity index (χ4n) is 3.02. The minimum absolute atomic E-state index is 0.0298. The van der Waals surface area contributed by atoms with E-state index < -0.39 is 11.9 Å². The average molecular weight is 447 g/mol. The summed E-state index contributed by atoms with van der Waals surface area (Å²) in [4.78, 5) is 36.9. The number of urea groups is 1. The number of methoxy groups -OCH3 is 1. The molecule has 166 valence electrons. The number of para-hydroxylation sites is 1. The standard InChI is InChI=1S/C20H26N6O4S/c1-13(2)8-10-25-17(28)14-6-4-5-7-15(14)26-19(25)23-24-20(26)31-12-16(27)22-18(29)21-9-11-30-3/h4-7,13H,8-12H2,1-3H3,(H2,21,22,27,29). The van der Waals surface area contributed by atoms with Crippen molar-refractivity contribution in [1.82, 2.24) is 29.8 Å². The Bertz CT molecular complexity index is 1140. The summed E-state index contributed by atoms with van der Waals surface area (Å²) in [5.41, 5.74) is 0.562. The first-order valence-electron chi connectivity index (χ1n) is 9.98. The second-order valence-corrected chi connectivity index (χ2v) is 8.30. The molecule has 0 unspecified atom stereocenters. The van der Waals surface area contributed by atoms with Crippen LogP contribution in [0.1, 0.15) is 20.3 Å². The number of hydrogen-bond acceptors (Lipinski definition) is 7. The first-order chi connectivity index (χ1) is 14.9. The predicted molar refractivity (Wildman–Crippen MR) is 118 cm³/mol. The van der Waals surface area contributed by atoms with E-state index in [-0.39, 0.29) is 11.3 Å². The second-order valence-electron chi connectivity index (χ2n) is 7.36. The molecule has 0 bridgehead atoms. The van der Waals surface area contributed by atoms with Crippen LogP contribution in [0.4, 0.5) is 4.79 Å². The van der Waals surface area contributed by atoms with Crippen molar-refractivity contribution < 1.29 is 14.3 Å². The Morgan fingerprint density at radius 1 is 1.23 bits per heavy atom. The van der Waals surface area contributed by atoms with E-state index in [4.69, 9.17) is 4.74 Å². The van der Waals surface area contributed by atoms with Crippen LogP contribution in [-0.2, 0) is 16.1 Å². The third-order valence-electron chi connectivity index (χ3n) is 4.59. The maximum absolute atomic E-state index is 13.0. The van der Waals surface area contributed by atoms with Gasteiger partial charge in [0.15, 0.2) is 5.16 Å². The van der Waals surface area contributed by atoms with Gasteiger partial charge in [-0.05, 0) is 24.5 Å². The normalized spacial score (nSPS) is 11.4. The summed E-state index contributed by atoms with van der Waals surface area (Å²) in [5, 5.41) is 14.2. The number of nitrogens with one attached hydrogen (secondary N) is 2. The van der Waals surface area contributed by atoms with Crippen LogP contribution in [-0.4, -0.2) is 57.1 Å². The number of hydrogen-bond donors (Lipinski definition) is 2. The Balaban J connectivity index is 1.84. The molecule has 10 nitrogen and oxygen atoms in total. The molecule has 2 N–H and O–H groups in total. The number of aromatic nitrogens is 4. The summed E-state index contributed by atoms with van der Waals surface area (Å²) in [5.74, 6) is 0.366. The molecule has 0 atom stereocenters. The van der Waals surface area contributed by atoms with Crippen molar-refractivity contribution in [2.75, 3.05) is 26.0 Å². The van der Waals surface area contributed by atoms with Gasteiger partial charge < -0.3 is 10.1 Å². The lowest BCUT2D eigenvalue weighted by Gasteiger charge is -2.12. The molecule has 0 saturated carbocycles. The Morgan fingerprint density at radius 2 is 2.00 bits per heavy atom. The quantitative estimate of drug-likeness (QED) is 0.379. The number of benzene rings is 1. The zero-order valence-corrected chi connectivity index (χ0v) is 18.6. The minimum atomic E-state index is -0.582. The lowest BCUT2D eigenvalue weighted by molar-refractivity contribution is -0.117. The van der Waals surface area contributed by atoms with Gasteiger partial charge in [-0.1, -0.05) is 37.7 Å². The van der Waals surface area contributed by atoms with Crippen LogP contribution in [0, 0.1) is 5.92 Å². The molecule has 2 aromatic heterocycles. The molecule has 0 radical (unpaired) electrons. The monoisotopic (exact) mass is 446 g/mol. The Morgan fingerprint density at radius 3 is 2.74 bits per heavy atom. The number of amides is 3. The van der Waals surface area contributed by atoms with Gasteiger partial charge in [-0.3, -0.25) is 23.9 Å². The summed E-state index contributed by atoms with van der Waals surface area (Å²) in [6.45, 7) is 5.37. The average Bonchev–Trinajstić information content (AvgIpc) is 3.16. The molecule has 3 rings (SSSR count). The highest BCUT2D eigenvalue weighted by Crippen LogP contribution is 2.21. The van der Waals surface area contributed by atoms with Gasteiger partial charge in [0.1, 0.15) is 0 Å². The maximum atomic E-state index is 13.0. The van der Waals surface area contributed by atoms with Gasteiger partial charge in [0.05, 0.1) is 23.3 Å². The lowest BCUT2D eigenvalue weighted by Crippen LogP contribution is -2.41. The second kappa shape index (κ2) is 10.4. The molecule has 1 aromatic carbocycles. The van der Waals surface area contributed by atoms with Gasteiger partial charge in [-0.2, -0.15) is 0 Å². The molecule has 31 heavy (non-hydrogen) atoms. The third kappa shape index (κ3) is 5.42. The molecule has 0 saturated heterocycles. The largest absolute Gasteiger partial charge is 0.383 e. The van der Waals surface area contributed by atoms with Crippen molar-refractivity contribution in [1.29, 1.82) is 0 Å². The predicted octanol–water partition coefficient (Wildman–Crippen LogP) is 1.65. The highest BCUT2D eigenvalue weighted by molar-refractivity contribution is 7.99. The molecule has 11 heteroatoms. The Hall–Kier alpha value is -2.92. The summed E-state index contributed by atoms with van der Waals surface area (Å²) in [7, 11) is 1.52. The van der Waals surface area contributed by atoms with Crippen LogP contribution < -0.4 is 16.2 Å². The van der Waals surface area contributed by atoms with Crippen molar-refractivity contribution in [3.8, 4) is 0 Å². The van der Waals surface area contributed by atoms with Gasteiger partial charge in [0.25, 0.3) is 5.56 Å². The number of aryl methyl sites for hydroxylation is 1. The third-order valence-corrected chi connectivity index (χ3v) is 5.51. The summed E-state index contributed by atoms with van der Waals surface area (Å²) < 4.78 is 8.26. The molecule has 0 aliphatic heterocycles. The van der Waals surface area contributed by atoms with Crippen molar-refractivity contribution in [3.05, 3.63) is 34.6 Å². The van der Waals surface area contributed by atoms with Crippen molar-refractivity contribution >= 4 is 40.4 Å². The number of rotatable bonds is 9. The molecular formula is C20H26N6O4S. The zero-order valence-electron chi connectivity index (χ0n) is 17.8. The minimum Gasteiger partial charge on any atom is -0.383 e. The van der Waals surface area contributed by atoms with E-state index in [0.717, 1.165) is 18.2 Å². The van der Waals surface area contributed by atoms with Crippen LogP contribution in [0.2, 0.25) is 0 Å². The number of ether oxygens (including phenoxy) is 1. The molecule has 2 heterocycles.